The lowest BCUT2D eigenvalue weighted by atomic mass is 10.2. The summed E-state index contributed by atoms with van der Waals surface area (Å²) in [7, 11) is 3.87. The Bertz CT molecular complexity index is 708. The summed E-state index contributed by atoms with van der Waals surface area (Å²) < 4.78 is 2.13. The summed E-state index contributed by atoms with van der Waals surface area (Å²) in [5, 5.41) is 6.87. The van der Waals surface area contributed by atoms with Gasteiger partial charge in [-0.15, -0.1) is 24.0 Å². The summed E-state index contributed by atoms with van der Waals surface area (Å²) >= 11 is 0. The molecule has 0 spiro atoms. The van der Waals surface area contributed by atoms with E-state index >= 15 is 0 Å². The molecular weight excluding hydrogens is 451 g/mol. The number of imidazole rings is 1. The maximum absolute atomic E-state index is 4.70. The second-order valence-corrected chi connectivity index (χ2v) is 6.72. The fraction of sp³-hybridized carbons (Fsp3) is 0.600. The van der Waals surface area contributed by atoms with Crippen molar-refractivity contribution in [1.82, 2.24) is 25.1 Å². The number of aliphatic imine (C=N–C) groups is 1. The lowest BCUT2D eigenvalue weighted by Crippen LogP contribution is -2.42. The first-order valence-corrected chi connectivity index (χ1v) is 9.68. The number of hydrogen-bond donors (Lipinski definition) is 2. The largest absolute Gasteiger partial charge is 0.354 e. The van der Waals surface area contributed by atoms with Crippen LogP contribution in [0.15, 0.2) is 29.3 Å². The Balaban J connectivity index is 0.00000364. The quantitative estimate of drug-likeness (QED) is 0.324. The van der Waals surface area contributed by atoms with Crippen LogP contribution in [0.25, 0.3) is 11.0 Å². The number of nitrogens with zero attached hydrogens (tertiary/aromatic N) is 4. The van der Waals surface area contributed by atoms with E-state index in [-0.39, 0.29) is 24.0 Å². The minimum Gasteiger partial charge on any atom is -0.354 e. The molecule has 0 bridgehead atoms. The van der Waals surface area contributed by atoms with Crippen LogP contribution in [-0.2, 0) is 13.6 Å². The Kier molecular flexibility index (Phi) is 10.7. The molecular formula is C20H35IN6. The standard InChI is InChI=1S/C20H34N6.HI/c1-6-26(7-2)14-10-11-16(3)23-20(21-4)22-15-19-24-17-12-8-9-13-18(17)25(19)5;/h8-9,12-13,16H,6-7,10-11,14-15H2,1-5H3,(H2,21,22,23);1H. The number of aryl methyl sites for hydroxylation is 1. The van der Waals surface area contributed by atoms with Crippen LogP contribution in [0.2, 0.25) is 0 Å². The first kappa shape index (κ1) is 23.7. The maximum Gasteiger partial charge on any atom is 0.191 e. The Hall–Kier alpha value is -1.35. The van der Waals surface area contributed by atoms with Crippen molar-refractivity contribution in [2.45, 2.75) is 46.2 Å². The van der Waals surface area contributed by atoms with Crippen LogP contribution in [-0.4, -0.2) is 53.1 Å². The van der Waals surface area contributed by atoms with Gasteiger partial charge in [0, 0.05) is 20.1 Å². The van der Waals surface area contributed by atoms with Gasteiger partial charge in [-0.25, -0.2) is 4.98 Å². The predicted octanol–water partition coefficient (Wildman–Crippen LogP) is 3.37. The summed E-state index contributed by atoms with van der Waals surface area (Å²) in [6.07, 6.45) is 2.32. The molecule has 1 heterocycles. The third-order valence-electron chi connectivity index (χ3n) is 4.91. The molecule has 1 unspecified atom stereocenters. The molecule has 2 rings (SSSR count). The fourth-order valence-electron chi connectivity index (χ4n) is 3.18. The van der Waals surface area contributed by atoms with Crippen molar-refractivity contribution in [1.29, 1.82) is 0 Å². The van der Waals surface area contributed by atoms with Gasteiger partial charge < -0.3 is 20.1 Å². The average Bonchev–Trinajstić information content (AvgIpc) is 2.98. The Morgan fingerprint density at radius 2 is 1.96 bits per heavy atom. The number of para-hydroxylation sites is 2. The van der Waals surface area contributed by atoms with Gasteiger partial charge in [0.15, 0.2) is 5.96 Å². The molecule has 0 aliphatic heterocycles. The molecule has 0 saturated heterocycles. The molecule has 1 aromatic heterocycles. The third-order valence-corrected chi connectivity index (χ3v) is 4.91. The van der Waals surface area contributed by atoms with E-state index in [4.69, 9.17) is 4.98 Å². The van der Waals surface area contributed by atoms with Crippen molar-refractivity contribution >= 4 is 41.0 Å². The lowest BCUT2D eigenvalue weighted by molar-refractivity contribution is 0.292. The smallest absolute Gasteiger partial charge is 0.191 e. The zero-order valence-corrected chi connectivity index (χ0v) is 19.7. The van der Waals surface area contributed by atoms with E-state index in [0.29, 0.717) is 12.6 Å². The number of benzene rings is 1. The van der Waals surface area contributed by atoms with Gasteiger partial charge in [-0.1, -0.05) is 26.0 Å². The van der Waals surface area contributed by atoms with Crippen molar-refractivity contribution in [3.05, 3.63) is 30.1 Å². The number of nitrogens with one attached hydrogen (secondary N) is 2. The van der Waals surface area contributed by atoms with Crippen LogP contribution in [0.5, 0.6) is 0 Å². The topological polar surface area (TPSA) is 57.5 Å². The minimum atomic E-state index is 0. The van der Waals surface area contributed by atoms with E-state index in [2.05, 4.69) is 59.0 Å². The van der Waals surface area contributed by atoms with E-state index in [1.54, 1.807) is 0 Å². The minimum absolute atomic E-state index is 0. The Morgan fingerprint density at radius 1 is 1.26 bits per heavy atom. The summed E-state index contributed by atoms with van der Waals surface area (Å²) in [5.41, 5.74) is 2.18. The summed E-state index contributed by atoms with van der Waals surface area (Å²) in [6, 6.07) is 8.59. The predicted molar refractivity (Wildman–Crippen MR) is 126 cm³/mol. The van der Waals surface area contributed by atoms with Crippen molar-refractivity contribution < 1.29 is 0 Å². The molecule has 0 fully saturated rings. The highest BCUT2D eigenvalue weighted by Crippen LogP contribution is 2.13. The molecule has 7 heteroatoms. The molecule has 0 saturated carbocycles. The molecule has 0 amide bonds. The second-order valence-electron chi connectivity index (χ2n) is 6.72. The first-order valence-electron chi connectivity index (χ1n) is 9.68. The van der Waals surface area contributed by atoms with Crippen LogP contribution < -0.4 is 10.6 Å². The van der Waals surface area contributed by atoms with Gasteiger partial charge in [0.2, 0.25) is 0 Å². The van der Waals surface area contributed by atoms with E-state index in [0.717, 1.165) is 48.9 Å². The molecule has 0 aliphatic rings. The maximum atomic E-state index is 4.70. The van der Waals surface area contributed by atoms with Crippen molar-refractivity contribution in [3.8, 4) is 0 Å². The Morgan fingerprint density at radius 3 is 2.59 bits per heavy atom. The molecule has 2 N–H and O–H groups in total. The fourth-order valence-corrected chi connectivity index (χ4v) is 3.18. The summed E-state index contributed by atoms with van der Waals surface area (Å²) in [6.45, 7) is 10.7. The molecule has 1 atom stereocenters. The van der Waals surface area contributed by atoms with Crippen LogP contribution >= 0.6 is 24.0 Å². The molecule has 0 aliphatic carbocycles. The van der Waals surface area contributed by atoms with Gasteiger partial charge >= 0.3 is 0 Å². The van der Waals surface area contributed by atoms with Gasteiger partial charge in [0.25, 0.3) is 0 Å². The molecule has 0 radical (unpaired) electrons. The van der Waals surface area contributed by atoms with Gasteiger partial charge in [-0.2, -0.15) is 0 Å². The first-order chi connectivity index (χ1) is 12.6. The van der Waals surface area contributed by atoms with Gasteiger partial charge in [-0.3, -0.25) is 4.99 Å². The van der Waals surface area contributed by atoms with Crippen LogP contribution in [0.4, 0.5) is 0 Å². The highest BCUT2D eigenvalue weighted by atomic mass is 127. The van der Waals surface area contributed by atoms with Crippen LogP contribution in [0.3, 0.4) is 0 Å². The Labute approximate surface area is 180 Å². The number of aromatic nitrogens is 2. The molecule has 152 valence electrons. The SMILES string of the molecule is CCN(CC)CCCC(C)NC(=NC)NCc1nc2ccccc2n1C.I. The van der Waals surface area contributed by atoms with Gasteiger partial charge in [-0.05, 0) is 51.5 Å². The number of guanidine groups is 1. The van der Waals surface area contributed by atoms with E-state index in [1.165, 1.54) is 6.42 Å². The number of hydrogen-bond acceptors (Lipinski definition) is 3. The second kappa shape index (κ2) is 12.2. The van der Waals surface area contributed by atoms with E-state index in [9.17, 15) is 0 Å². The molecule has 2 aromatic rings. The highest BCUT2D eigenvalue weighted by molar-refractivity contribution is 14.0. The van der Waals surface area contributed by atoms with Gasteiger partial charge in [0.05, 0.1) is 17.6 Å². The number of rotatable bonds is 9. The summed E-state index contributed by atoms with van der Waals surface area (Å²) in [5.74, 6) is 1.83. The van der Waals surface area contributed by atoms with Gasteiger partial charge in [0.1, 0.15) is 5.82 Å². The molecule has 27 heavy (non-hydrogen) atoms. The zero-order chi connectivity index (χ0) is 18.9. The van der Waals surface area contributed by atoms with Crippen molar-refractivity contribution in [2.24, 2.45) is 12.0 Å². The van der Waals surface area contributed by atoms with Crippen LogP contribution in [0.1, 0.15) is 39.4 Å². The number of fused-ring (bicyclic) bond motifs is 1. The molecule has 6 nitrogen and oxygen atoms in total. The summed E-state index contributed by atoms with van der Waals surface area (Å²) in [4.78, 5) is 11.5. The zero-order valence-electron chi connectivity index (χ0n) is 17.3. The average molecular weight is 486 g/mol. The normalized spacial score (nSPS) is 12.9. The van der Waals surface area contributed by atoms with E-state index < -0.39 is 0 Å². The third kappa shape index (κ3) is 6.95. The lowest BCUT2D eigenvalue weighted by Gasteiger charge is -2.21. The monoisotopic (exact) mass is 486 g/mol. The van der Waals surface area contributed by atoms with E-state index in [1.807, 2.05) is 25.2 Å². The van der Waals surface area contributed by atoms with Crippen LogP contribution in [0, 0.1) is 0 Å². The van der Waals surface area contributed by atoms with Crippen molar-refractivity contribution in [2.75, 3.05) is 26.7 Å². The molecule has 1 aromatic carbocycles. The highest BCUT2D eigenvalue weighted by Gasteiger charge is 2.10. The number of halogens is 1. The van der Waals surface area contributed by atoms with Crippen molar-refractivity contribution in [3.63, 3.8) is 0 Å².